The number of fused-ring (bicyclic) bond motifs is 1. The highest BCUT2D eigenvalue weighted by molar-refractivity contribution is 5.96. The van der Waals surface area contributed by atoms with Gasteiger partial charge in [-0.3, -0.25) is 5.43 Å². The Bertz CT molecular complexity index is 461. The lowest BCUT2D eigenvalue weighted by Gasteiger charge is -2.26. The monoisotopic (exact) mass is 276 g/mol. The minimum absolute atomic E-state index is 0.0708. The lowest BCUT2D eigenvalue weighted by Crippen LogP contribution is -2.46. The second-order valence-corrected chi connectivity index (χ2v) is 5.14. The number of anilines is 1. The van der Waals surface area contributed by atoms with Crippen molar-refractivity contribution in [3.05, 3.63) is 29.8 Å². The van der Waals surface area contributed by atoms with Gasteiger partial charge in [0.2, 0.25) is 5.96 Å². The van der Waals surface area contributed by atoms with Crippen molar-refractivity contribution in [3.8, 4) is 0 Å². The maximum Gasteiger partial charge on any atom is 0.213 e. The molecule has 0 radical (unpaired) electrons. The second-order valence-electron chi connectivity index (χ2n) is 5.14. The maximum absolute atomic E-state index is 5.69. The molecule has 110 valence electrons. The molecule has 0 aromatic heterocycles. The largest absolute Gasteiger partial charge is 0.382 e. The molecular formula is C15H24N4O. The van der Waals surface area contributed by atoms with Crippen LogP contribution in [0.4, 0.5) is 5.69 Å². The van der Waals surface area contributed by atoms with Crippen LogP contribution < -0.4 is 16.2 Å². The van der Waals surface area contributed by atoms with Gasteiger partial charge in [0, 0.05) is 19.3 Å². The fourth-order valence-corrected chi connectivity index (χ4v) is 2.58. The summed E-state index contributed by atoms with van der Waals surface area (Å²) in [7, 11) is 1.68. The van der Waals surface area contributed by atoms with E-state index in [0.717, 1.165) is 19.4 Å². The van der Waals surface area contributed by atoms with E-state index in [9.17, 15) is 0 Å². The number of ether oxygens (including phenoxy) is 1. The van der Waals surface area contributed by atoms with E-state index in [-0.39, 0.29) is 6.04 Å². The normalized spacial score (nSPS) is 17.4. The molecule has 0 spiro atoms. The number of guanidine groups is 1. The third kappa shape index (κ3) is 3.49. The van der Waals surface area contributed by atoms with Gasteiger partial charge in [-0.1, -0.05) is 18.2 Å². The summed E-state index contributed by atoms with van der Waals surface area (Å²) in [6, 6.07) is 8.53. The van der Waals surface area contributed by atoms with Crippen LogP contribution in [0.15, 0.2) is 29.3 Å². The first-order valence-corrected chi connectivity index (χ1v) is 7.15. The first-order valence-electron chi connectivity index (χ1n) is 7.15. The van der Waals surface area contributed by atoms with Crippen molar-refractivity contribution in [3.63, 3.8) is 0 Å². The van der Waals surface area contributed by atoms with E-state index in [4.69, 9.17) is 10.6 Å². The van der Waals surface area contributed by atoms with Crippen LogP contribution in [-0.4, -0.2) is 32.3 Å². The summed E-state index contributed by atoms with van der Waals surface area (Å²) in [5, 5.41) is 0. The predicted molar refractivity (Wildman–Crippen MR) is 82.8 cm³/mol. The fraction of sp³-hybridized carbons (Fsp3) is 0.533. The van der Waals surface area contributed by atoms with Crippen LogP contribution in [0.3, 0.4) is 0 Å². The van der Waals surface area contributed by atoms with Crippen LogP contribution in [0.2, 0.25) is 0 Å². The number of nitrogens with one attached hydrogen (secondary N) is 1. The summed E-state index contributed by atoms with van der Waals surface area (Å²) in [5.41, 5.74) is 5.30. The summed E-state index contributed by atoms with van der Waals surface area (Å²) in [6.45, 7) is 3.53. The number of aliphatic imine (C=N–C) groups is 1. The van der Waals surface area contributed by atoms with Crippen molar-refractivity contribution in [1.29, 1.82) is 0 Å². The average molecular weight is 276 g/mol. The Balaban J connectivity index is 2.29. The number of hydrogen-bond acceptors (Lipinski definition) is 3. The molecule has 1 aliphatic rings. The van der Waals surface area contributed by atoms with Crippen LogP contribution in [0, 0.1) is 0 Å². The molecular weight excluding hydrogens is 252 g/mol. The molecule has 1 aromatic carbocycles. The smallest absolute Gasteiger partial charge is 0.213 e. The third-order valence-electron chi connectivity index (χ3n) is 3.50. The van der Waals surface area contributed by atoms with Crippen LogP contribution in [-0.2, 0) is 11.2 Å². The van der Waals surface area contributed by atoms with Crippen molar-refractivity contribution < 1.29 is 4.74 Å². The number of para-hydroxylation sites is 1. The minimum Gasteiger partial charge on any atom is -0.382 e. The van der Waals surface area contributed by atoms with Crippen LogP contribution in [0.25, 0.3) is 0 Å². The van der Waals surface area contributed by atoms with Gasteiger partial charge < -0.3 is 9.64 Å². The summed E-state index contributed by atoms with van der Waals surface area (Å²) >= 11 is 0. The summed E-state index contributed by atoms with van der Waals surface area (Å²) in [6.07, 6.45) is 3.44. The van der Waals surface area contributed by atoms with Crippen LogP contribution in [0.5, 0.6) is 0 Å². The first kappa shape index (κ1) is 14.8. The molecule has 0 aliphatic carbocycles. The zero-order valence-corrected chi connectivity index (χ0v) is 12.3. The maximum atomic E-state index is 5.69. The Morgan fingerprint density at radius 3 is 3.00 bits per heavy atom. The van der Waals surface area contributed by atoms with Crippen LogP contribution in [0.1, 0.15) is 25.3 Å². The third-order valence-corrected chi connectivity index (χ3v) is 3.50. The summed E-state index contributed by atoms with van der Waals surface area (Å²) in [4.78, 5) is 6.81. The van der Waals surface area contributed by atoms with Crippen molar-refractivity contribution in [1.82, 2.24) is 5.43 Å². The molecule has 0 bridgehead atoms. The zero-order chi connectivity index (χ0) is 14.4. The minimum atomic E-state index is 0.0708. The molecule has 0 saturated heterocycles. The number of nitrogens with two attached hydrogens (primary N) is 1. The summed E-state index contributed by atoms with van der Waals surface area (Å²) in [5.74, 6) is 6.40. The average Bonchev–Trinajstić information content (AvgIpc) is 2.67. The molecule has 0 amide bonds. The quantitative estimate of drug-likeness (QED) is 0.382. The van der Waals surface area contributed by atoms with E-state index < -0.39 is 0 Å². The highest BCUT2D eigenvalue weighted by atomic mass is 16.5. The topological polar surface area (TPSA) is 62.9 Å². The van der Waals surface area contributed by atoms with Crippen molar-refractivity contribution in [2.24, 2.45) is 10.8 Å². The molecule has 1 unspecified atom stereocenters. The highest BCUT2D eigenvalue weighted by Crippen LogP contribution is 2.26. The number of hydrazine groups is 1. The molecule has 3 N–H and O–H groups in total. The van der Waals surface area contributed by atoms with Gasteiger partial charge in [-0.25, -0.2) is 10.8 Å². The van der Waals surface area contributed by atoms with E-state index in [1.807, 2.05) is 6.92 Å². The Hall–Kier alpha value is -1.59. The number of nitrogens with zero attached hydrogens (tertiary/aromatic N) is 2. The lowest BCUT2D eigenvalue weighted by molar-refractivity contribution is 0.185. The van der Waals surface area contributed by atoms with Crippen molar-refractivity contribution in [2.75, 3.05) is 25.2 Å². The van der Waals surface area contributed by atoms with Crippen molar-refractivity contribution >= 4 is 11.6 Å². The number of aryl methyl sites for hydroxylation is 1. The number of methoxy groups -OCH3 is 1. The SMILES string of the molecule is COCC(C)N=C(NN)N1CCCCc2ccccc21. The van der Waals surface area contributed by atoms with Crippen molar-refractivity contribution in [2.45, 2.75) is 32.2 Å². The molecule has 1 atom stereocenters. The van der Waals surface area contributed by atoms with Gasteiger partial charge in [0.1, 0.15) is 0 Å². The first-order chi connectivity index (χ1) is 9.76. The van der Waals surface area contributed by atoms with Gasteiger partial charge in [-0.15, -0.1) is 0 Å². The standard InChI is InChI=1S/C15H24N4O/c1-12(11-20-2)17-15(18-16)19-10-6-5-8-13-7-3-4-9-14(13)19/h3-4,7,9,12H,5-6,8,10-11,16H2,1-2H3,(H,17,18). The Labute approximate surface area is 120 Å². The van der Waals surface area contributed by atoms with Gasteiger partial charge in [0.25, 0.3) is 0 Å². The van der Waals surface area contributed by atoms with E-state index in [2.05, 4.69) is 39.6 Å². The lowest BCUT2D eigenvalue weighted by atomic mass is 10.1. The Kier molecular flexibility index (Phi) is 5.38. The number of rotatable bonds is 3. The zero-order valence-electron chi connectivity index (χ0n) is 12.3. The van der Waals surface area contributed by atoms with Gasteiger partial charge in [0.15, 0.2) is 0 Å². The van der Waals surface area contributed by atoms with E-state index in [1.54, 1.807) is 7.11 Å². The van der Waals surface area contributed by atoms with Gasteiger partial charge in [-0.05, 0) is 37.8 Å². The van der Waals surface area contributed by atoms with Crippen LogP contribution >= 0.6 is 0 Å². The molecule has 0 fully saturated rings. The Morgan fingerprint density at radius 1 is 1.45 bits per heavy atom. The fourth-order valence-electron chi connectivity index (χ4n) is 2.58. The highest BCUT2D eigenvalue weighted by Gasteiger charge is 2.19. The van der Waals surface area contributed by atoms with Gasteiger partial charge in [-0.2, -0.15) is 0 Å². The molecule has 1 aliphatic heterocycles. The number of hydrogen-bond donors (Lipinski definition) is 2. The van der Waals surface area contributed by atoms with E-state index >= 15 is 0 Å². The molecule has 2 rings (SSSR count). The Morgan fingerprint density at radius 2 is 2.25 bits per heavy atom. The molecule has 5 heteroatoms. The molecule has 1 heterocycles. The molecule has 0 saturated carbocycles. The van der Waals surface area contributed by atoms with Gasteiger partial charge in [0.05, 0.1) is 12.6 Å². The number of benzene rings is 1. The second kappa shape index (κ2) is 7.26. The predicted octanol–water partition coefficient (Wildman–Crippen LogP) is 1.68. The van der Waals surface area contributed by atoms with E-state index in [1.165, 1.54) is 17.7 Å². The van der Waals surface area contributed by atoms with E-state index in [0.29, 0.717) is 12.6 Å². The van der Waals surface area contributed by atoms with Gasteiger partial charge >= 0.3 is 0 Å². The molecule has 20 heavy (non-hydrogen) atoms. The molecule has 5 nitrogen and oxygen atoms in total. The summed E-state index contributed by atoms with van der Waals surface area (Å²) < 4.78 is 5.14. The molecule has 1 aromatic rings.